The summed E-state index contributed by atoms with van der Waals surface area (Å²) < 4.78 is 12.3. The van der Waals surface area contributed by atoms with Gasteiger partial charge in [0, 0.05) is 24.2 Å². The summed E-state index contributed by atoms with van der Waals surface area (Å²) in [7, 11) is 0. The molecule has 0 aromatic heterocycles. The molecule has 0 aromatic carbocycles. The fourth-order valence-corrected chi connectivity index (χ4v) is 8.79. The van der Waals surface area contributed by atoms with Crippen LogP contribution in [-0.2, 0) is 14.3 Å². The standard InChI is InChI=1S/C21H30O5/c1-20-7-6-11(22)8-10(20)2-3-12-13-4-5-14-17(23)18(24)26-19-21(13,14)9-15(25-19)16(12)20/h10,12-19,23-24H,2-9H2,1H3/t10-,12-,13-,14+,15-,16+,17+,18?,19?,20-,21+/m0/s1. The second-order valence-electron chi connectivity index (χ2n) is 10.3. The van der Waals surface area contributed by atoms with Gasteiger partial charge in [-0.15, -0.1) is 0 Å². The van der Waals surface area contributed by atoms with Gasteiger partial charge >= 0.3 is 0 Å². The molecule has 5 heteroatoms. The largest absolute Gasteiger partial charge is 0.388 e. The SMILES string of the molecule is C[C@]12CCC(=O)C[C@@H]1CC[C@@H]1[C@@H]2[C@@H]2C[C@]34C(OC(O)[C@H](O)[C@H]3CC[C@@H]14)O2. The van der Waals surface area contributed by atoms with Gasteiger partial charge in [0.2, 0.25) is 0 Å². The topological polar surface area (TPSA) is 76.0 Å². The molecule has 2 saturated heterocycles. The number of rotatable bonds is 0. The maximum Gasteiger partial charge on any atom is 0.184 e. The van der Waals surface area contributed by atoms with Crippen LogP contribution >= 0.6 is 0 Å². The van der Waals surface area contributed by atoms with Crippen LogP contribution in [0.3, 0.4) is 0 Å². The monoisotopic (exact) mass is 362 g/mol. The molecule has 26 heavy (non-hydrogen) atoms. The quantitative estimate of drug-likeness (QED) is 0.691. The van der Waals surface area contributed by atoms with Crippen LogP contribution in [0.4, 0.5) is 0 Å². The minimum Gasteiger partial charge on any atom is -0.388 e. The zero-order valence-electron chi connectivity index (χ0n) is 15.5. The summed E-state index contributed by atoms with van der Waals surface area (Å²) >= 11 is 0. The molecule has 5 nitrogen and oxygen atoms in total. The summed E-state index contributed by atoms with van der Waals surface area (Å²) in [4.78, 5) is 12.1. The van der Waals surface area contributed by atoms with E-state index in [1.807, 2.05) is 0 Å². The van der Waals surface area contributed by atoms with Crippen LogP contribution in [-0.4, -0.2) is 40.8 Å². The summed E-state index contributed by atoms with van der Waals surface area (Å²) in [6.45, 7) is 2.42. The molecule has 2 unspecified atom stereocenters. The normalized spacial score (nSPS) is 63.2. The number of aliphatic hydroxyl groups is 2. The van der Waals surface area contributed by atoms with Crippen LogP contribution in [0.1, 0.15) is 58.3 Å². The fourth-order valence-electron chi connectivity index (χ4n) is 8.79. The van der Waals surface area contributed by atoms with Crippen LogP contribution in [0.2, 0.25) is 0 Å². The molecular weight excluding hydrogens is 332 g/mol. The molecule has 6 aliphatic rings. The highest BCUT2D eigenvalue weighted by Gasteiger charge is 2.74. The second kappa shape index (κ2) is 5.11. The molecule has 0 aromatic rings. The molecule has 4 saturated carbocycles. The Kier molecular flexibility index (Phi) is 3.23. The maximum absolute atomic E-state index is 12.1. The van der Waals surface area contributed by atoms with E-state index in [2.05, 4.69) is 6.92 Å². The predicted octanol–water partition coefficient (Wildman–Crippen LogP) is 2.24. The number of ketones is 1. The Balaban J connectivity index is 1.42. The Morgan fingerprint density at radius 1 is 1.08 bits per heavy atom. The molecule has 6 fully saturated rings. The number of hydrogen-bond acceptors (Lipinski definition) is 5. The van der Waals surface area contributed by atoms with E-state index in [1.165, 1.54) is 6.42 Å². The van der Waals surface area contributed by atoms with Gasteiger partial charge in [-0.1, -0.05) is 6.92 Å². The van der Waals surface area contributed by atoms with Crippen molar-refractivity contribution in [1.29, 1.82) is 0 Å². The molecule has 0 amide bonds. The molecule has 2 aliphatic heterocycles. The number of Topliss-reactive ketones (excluding diaryl/α,β-unsaturated/α-hetero) is 1. The summed E-state index contributed by atoms with van der Waals surface area (Å²) in [6.07, 6.45) is 5.76. The molecule has 144 valence electrons. The number of ether oxygens (including phenoxy) is 2. The van der Waals surface area contributed by atoms with Gasteiger partial charge in [-0.25, -0.2) is 0 Å². The van der Waals surface area contributed by atoms with Crippen LogP contribution in [0, 0.1) is 40.4 Å². The van der Waals surface area contributed by atoms with Crippen LogP contribution in [0.5, 0.6) is 0 Å². The van der Waals surface area contributed by atoms with Gasteiger partial charge in [0.05, 0.1) is 6.10 Å². The highest BCUT2D eigenvalue weighted by atomic mass is 16.7. The van der Waals surface area contributed by atoms with Crippen molar-refractivity contribution in [2.24, 2.45) is 40.4 Å². The Labute approximate surface area is 154 Å². The average molecular weight is 362 g/mol. The molecule has 0 radical (unpaired) electrons. The third-order valence-corrected chi connectivity index (χ3v) is 9.77. The van der Waals surface area contributed by atoms with Gasteiger partial charge in [0.15, 0.2) is 12.6 Å². The van der Waals surface area contributed by atoms with E-state index in [0.29, 0.717) is 29.5 Å². The van der Waals surface area contributed by atoms with Crippen molar-refractivity contribution in [3.8, 4) is 0 Å². The summed E-state index contributed by atoms with van der Waals surface area (Å²) in [5, 5.41) is 20.8. The zero-order chi connectivity index (χ0) is 17.8. The lowest BCUT2D eigenvalue weighted by molar-refractivity contribution is -0.325. The van der Waals surface area contributed by atoms with E-state index < -0.39 is 12.4 Å². The van der Waals surface area contributed by atoms with Gasteiger partial charge < -0.3 is 19.7 Å². The smallest absolute Gasteiger partial charge is 0.184 e. The number of carbonyl (C=O) groups is 1. The molecule has 6 rings (SSSR count). The Bertz CT molecular complexity index is 650. The van der Waals surface area contributed by atoms with Gasteiger partial charge in [0.25, 0.3) is 0 Å². The number of carbonyl (C=O) groups excluding carboxylic acids is 1. The van der Waals surface area contributed by atoms with Gasteiger partial charge in [-0.3, -0.25) is 4.79 Å². The predicted molar refractivity (Wildman–Crippen MR) is 91.7 cm³/mol. The summed E-state index contributed by atoms with van der Waals surface area (Å²) in [6, 6.07) is 0. The van der Waals surface area contributed by atoms with Crippen molar-refractivity contribution in [2.75, 3.05) is 0 Å². The van der Waals surface area contributed by atoms with Gasteiger partial charge in [-0.2, -0.15) is 0 Å². The van der Waals surface area contributed by atoms with Crippen molar-refractivity contribution in [1.82, 2.24) is 0 Å². The number of hydrogen-bond donors (Lipinski definition) is 2. The molecule has 4 aliphatic carbocycles. The first-order valence-corrected chi connectivity index (χ1v) is 10.6. The highest BCUT2D eigenvalue weighted by Crippen LogP contribution is 2.73. The van der Waals surface area contributed by atoms with Crippen molar-refractivity contribution in [3.05, 3.63) is 0 Å². The van der Waals surface area contributed by atoms with E-state index in [-0.39, 0.29) is 29.1 Å². The lowest BCUT2D eigenvalue weighted by atomic mass is 9.44. The lowest BCUT2D eigenvalue weighted by Gasteiger charge is -2.60. The Morgan fingerprint density at radius 2 is 1.88 bits per heavy atom. The Hall–Kier alpha value is -0.490. The Morgan fingerprint density at radius 3 is 2.73 bits per heavy atom. The lowest BCUT2D eigenvalue weighted by Crippen LogP contribution is -2.60. The van der Waals surface area contributed by atoms with Crippen molar-refractivity contribution >= 4 is 5.78 Å². The van der Waals surface area contributed by atoms with E-state index >= 15 is 0 Å². The molecule has 11 atom stereocenters. The maximum atomic E-state index is 12.1. The van der Waals surface area contributed by atoms with Crippen LogP contribution in [0.15, 0.2) is 0 Å². The average Bonchev–Trinajstić information content (AvgIpc) is 3.15. The van der Waals surface area contributed by atoms with Gasteiger partial charge in [0.1, 0.15) is 11.9 Å². The minimum absolute atomic E-state index is 0.0990. The molecule has 2 N–H and O–H groups in total. The summed E-state index contributed by atoms with van der Waals surface area (Å²) in [5.41, 5.74) is 0.0874. The molecule has 1 spiro atoms. The van der Waals surface area contributed by atoms with E-state index in [4.69, 9.17) is 9.47 Å². The highest BCUT2D eigenvalue weighted by molar-refractivity contribution is 5.79. The minimum atomic E-state index is -1.12. The zero-order valence-corrected chi connectivity index (χ0v) is 15.5. The molecule has 2 bridgehead atoms. The van der Waals surface area contributed by atoms with E-state index in [9.17, 15) is 15.0 Å². The van der Waals surface area contributed by atoms with Crippen LogP contribution < -0.4 is 0 Å². The molecule has 2 heterocycles. The number of aliphatic hydroxyl groups excluding tert-OH is 2. The van der Waals surface area contributed by atoms with Crippen LogP contribution in [0.25, 0.3) is 0 Å². The van der Waals surface area contributed by atoms with Crippen molar-refractivity contribution < 1.29 is 24.5 Å². The first-order chi connectivity index (χ1) is 12.4. The second-order valence-corrected chi connectivity index (χ2v) is 10.3. The van der Waals surface area contributed by atoms with Crippen molar-refractivity contribution in [2.45, 2.75) is 83.1 Å². The molecular formula is C21H30O5. The third kappa shape index (κ3) is 1.75. The van der Waals surface area contributed by atoms with E-state index in [0.717, 1.165) is 44.9 Å². The van der Waals surface area contributed by atoms with E-state index in [1.54, 1.807) is 0 Å². The van der Waals surface area contributed by atoms with Gasteiger partial charge in [-0.05, 0) is 67.6 Å². The summed E-state index contributed by atoms with van der Waals surface area (Å²) in [5.74, 6) is 2.68. The van der Waals surface area contributed by atoms with Crippen molar-refractivity contribution in [3.63, 3.8) is 0 Å². The first kappa shape index (κ1) is 16.5. The number of fused-ring (bicyclic) bond motifs is 6. The third-order valence-electron chi connectivity index (χ3n) is 9.77. The fraction of sp³-hybridized carbons (Fsp3) is 0.952. The first-order valence-electron chi connectivity index (χ1n) is 10.6.